The van der Waals surface area contributed by atoms with Crippen LogP contribution in [0.3, 0.4) is 0 Å². The molecule has 1 aromatic carbocycles. The van der Waals surface area contributed by atoms with Crippen LogP contribution in [0.2, 0.25) is 0 Å². The Hall–Kier alpha value is -0.410. The molecule has 0 aliphatic carbocycles. The molecule has 100 valence electrons. The van der Waals surface area contributed by atoms with Crippen LogP contribution in [0.4, 0.5) is 4.39 Å². The molecule has 0 bridgehead atoms. The van der Waals surface area contributed by atoms with Crippen molar-refractivity contribution in [3.63, 3.8) is 0 Å². The van der Waals surface area contributed by atoms with Crippen LogP contribution in [0.5, 0.6) is 0 Å². The van der Waals surface area contributed by atoms with Crippen molar-refractivity contribution in [1.82, 2.24) is 4.90 Å². The molecule has 0 radical (unpaired) electrons. The molecule has 2 rings (SSSR count). The van der Waals surface area contributed by atoms with Gasteiger partial charge in [-0.3, -0.25) is 4.90 Å². The predicted octanol–water partition coefficient (Wildman–Crippen LogP) is 4.60. The van der Waals surface area contributed by atoms with E-state index in [0.29, 0.717) is 5.41 Å². The van der Waals surface area contributed by atoms with Crippen molar-refractivity contribution in [1.29, 1.82) is 0 Å². The maximum Gasteiger partial charge on any atom is 0.128 e. The highest BCUT2D eigenvalue weighted by Gasteiger charge is 2.23. The molecule has 1 aromatic rings. The van der Waals surface area contributed by atoms with E-state index in [1.165, 1.54) is 19.3 Å². The summed E-state index contributed by atoms with van der Waals surface area (Å²) < 4.78 is 14.6. The number of hydrogen-bond donors (Lipinski definition) is 0. The van der Waals surface area contributed by atoms with Crippen LogP contribution in [0.1, 0.15) is 38.7 Å². The van der Waals surface area contributed by atoms with Crippen LogP contribution in [0.15, 0.2) is 22.7 Å². The standard InChI is InChI=1S/C15H21BrFN/c1-15(2)6-3-8-18(9-7-15)11-12-4-5-13(16)10-14(12)17/h4-5,10H,3,6-9,11H2,1-2H3. The lowest BCUT2D eigenvalue weighted by Crippen LogP contribution is -2.25. The molecule has 0 unspecified atom stereocenters. The van der Waals surface area contributed by atoms with Crippen molar-refractivity contribution in [3.8, 4) is 0 Å². The second-order valence-corrected chi connectivity index (χ2v) is 6.95. The highest BCUT2D eigenvalue weighted by atomic mass is 79.9. The van der Waals surface area contributed by atoms with Gasteiger partial charge in [0.15, 0.2) is 0 Å². The summed E-state index contributed by atoms with van der Waals surface area (Å²) in [5, 5.41) is 0. The molecule has 1 aliphatic heterocycles. The van der Waals surface area contributed by atoms with Gasteiger partial charge in [-0.05, 0) is 49.9 Å². The van der Waals surface area contributed by atoms with Gasteiger partial charge < -0.3 is 0 Å². The fraction of sp³-hybridized carbons (Fsp3) is 0.600. The summed E-state index contributed by atoms with van der Waals surface area (Å²) in [5.74, 6) is -0.104. The van der Waals surface area contributed by atoms with E-state index >= 15 is 0 Å². The first-order valence-electron chi connectivity index (χ1n) is 6.63. The third-order valence-corrected chi connectivity index (χ3v) is 4.34. The first kappa shape index (κ1) is 14.0. The molecule has 3 heteroatoms. The predicted molar refractivity (Wildman–Crippen MR) is 77.0 cm³/mol. The van der Waals surface area contributed by atoms with Gasteiger partial charge in [-0.1, -0.05) is 35.8 Å². The van der Waals surface area contributed by atoms with E-state index < -0.39 is 0 Å². The average Bonchev–Trinajstić information content (AvgIpc) is 2.44. The summed E-state index contributed by atoms with van der Waals surface area (Å²) in [6.07, 6.45) is 3.68. The van der Waals surface area contributed by atoms with Gasteiger partial charge in [0.05, 0.1) is 0 Å². The Morgan fingerprint density at radius 1 is 1.28 bits per heavy atom. The number of benzene rings is 1. The highest BCUT2D eigenvalue weighted by Crippen LogP contribution is 2.30. The SMILES string of the molecule is CC1(C)CCCN(Cc2ccc(Br)cc2F)CC1. The molecule has 1 saturated heterocycles. The minimum atomic E-state index is -0.104. The number of nitrogens with zero attached hydrogens (tertiary/aromatic N) is 1. The Labute approximate surface area is 118 Å². The van der Waals surface area contributed by atoms with Gasteiger partial charge >= 0.3 is 0 Å². The van der Waals surface area contributed by atoms with Crippen LogP contribution in [-0.4, -0.2) is 18.0 Å². The van der Waals surface area contributed by atoms with E-state index in [2.05, 4.69) is 34.7 Å². The molecule has 0 spiro atoms. The summed E-state index contributed by atoms with van der Waals surface area (Å²) in [6, 6.07) is 5.35. The van der Waals surface area contributed by atoms with Gasteiger partial charge in [0, 0.05) is 16.6 Å². The molecule has 0 N–H and O–H groups in total. The summed E-state index contributed by atoms with van der Waals surface area (Å²) in [7, 11) is 0. The molecule has 0 saturated carbocycles. The average molecular weight is 314 g/mol. The number of rotatable bonds is 2. The molecular formula is C15H21BrFN. The molecule has 1 fully saturated rings. The zero-order chi connectivity index (χ0) is 13.2. The van der Waals surface area contributed by atoms with Gasteiger partial charge in [0.2, 0.25) is 0 Å². The van der Waals surface area contributed by atoms with Crippen molar-refractivity contribution in [3.05, 3.63) is 34.1 Å². The van der Waals surface area contributed by atoms with Gasteiger partial charge in [-0.2, -0.15) is 0 Å². The van der Waals surface area contributed by atoms with E-state index in [1.54, 1.807) is 6.07 Å². The third-order valence-electron chi connectivity index (χ3n) is 3.84. The quantitative estimate of drug-likeness (QED) is 0.771. The van der Waals surface area contributed by atoms with Gasteiger partial charge in [0.1, 0.15) is 5.82 Å². The van der Waals surface area contributed by atoms with E-state index in [1.807, 2.05) is 12.1 Å². The lowest BCUT2D eigenvalue weighted by molar-refractivity contribution is 0.253. The topological polar surface area (TPSA) is 3.24 Å². The second-order valence-electron chi connectivity index (χ2n) is 6.03. The summed E-state index contributed by atoms with van der Waals surface area (Å²) in [6.45, 7) is 7.55. The van der Waals surface area contributed by atoms with Gasteiger partial charge in [-0.15, -0.1) is 0 Å². The van der Waals surface area contributed by atoms with Crippen molar-refractivity contribution in [2.24, 2.45) is 5.41 Å². The highest BCUT2D eigenvalue weighted by molar-refractivity contribution is 9.10. The van der Waals surface area contributed by atoms with E-state index in [0.717, 1.165) is 29.7 Å². The molecular weight excluding hydrogens is 293 g/mol. The molecule has 0 atom stereocenters. The van der Waals surface area contributed by atoms with Crippen molar-refractivity contribution >= 4 is 15.9 Å². The lowest BCUT2D eigenvalue weighted by atomic mass is 9.85. The van der Waals surface area contributed by atoms with Crippen LogP contribution in [0.25, 0.3) is 0 Å². The number of halogens is 2. The molecule has 1 nitrogen and oxygen atoms in total. The largest absolute Gasteiger partial charge is 0.299 e. The van der Waals surface area contributed by atoms with Crippen LogP contribution < -0.4 is 0 Å². The monoisotopic (exact) mass is 313 g/mol. The first-order chi connectivity index (χ1) is 8.46. The number of hydrogen-bond acceptors (Lipinski definition) is 1. The van der Waals surface area contributed by atoms with Crippen LogP contribution in [0, 0.1) is 11.2 Å². The normalized spacial score (nSPS) is 20.7. The van der Waals surface area contributed by atoms with E-state index in [9.17, 15) is 4.39 Å². The lowest BCUT2D eigenvalue weighted by Gasteiger charge is -2.23. The summed E-state index contributed by atoms with van der Waals surface area (Å²) >= 11 is 3.30. The summed E-state index contributed by atoms with van der Waals surface area (Å²) in [4.78, 5) is 2.38. The maximum atomic E-state index is 13.8. The molecule has 18 heavy (non-hydrogen) atoms. The minimum Gasteiger partial charge on any atom is -0.299 e. The van der Waals surface area contributed by atoms with Crippen molar-refractivity contribution in [2.45, 2.75) is 39.7 Å². The van der Waals surface area contributed by atoms with Gasteiger partial charge in [0.25, 0.3) is 0 Å². The maximum absolute atomic E-state index is 13.8. The Balaban J connectivity index is 2.01. The molecule has 1 aliphatic rings. The minimum absolute atomic E-state index is 0.104. The third kappa shape index (κ3) is 3.79. The van der Waals surface area contributed by atoms with Crippen molar-refractivity contribution in [2.75, 3.05) is 13.1 Å². The summed E-state index contributed by atoms with van der Waals surface area (Å²) in [5.41, 5.74) is 1.24. The Morgan fingerprint density at radius 2 is 2.06 bits per heavy atom. The van der Waals surface area contributed by atoms with Crippen LogP contribution >= 0.6 is 15.9 Å². The fourth-order valence-electron chi connectivity index (χ4n) is 2.53. The van der Waals surface area contributed by atoms with E-state index in [-0.39, 0.29) is 5.82 Å². The Morgan fingerprint density at radius 3 is 2.78 bits per heavy atom. The zero-order valence-electron chi connectivity index (χ0n) is 11.2. The first-order valence-corrected chi connectivity index (χ1v) is 7.42. The van der Waals surface area contributed by atoms with Gasteiger partial charge in [-0.25, -0.2) is 4.39 Å². The van der Waals surface area contributed by atoms with Crippen LogP contribution in [-0.2, 0) is 6.54 Å². The van der Waals surface area contributed by atoms with E-state index in [4.69, 9.17) is 0 Å². The van der Waals surface area contributed by atoms with Crippen molar-refractivity contribution < 1.29 is 4.39 Å². The smallest absolute Gasteiger partial charge is 0.128 e. The zero-order valence-corrected chi connectivity index (χ0v) is 12.8. The fourth-order valence-corrected chi connectivity index (χ4v) is 2.86. The Kier molecular flexibility index (Phi) is 4.44. The molecule has 1 heterocycles. The second kappa shape index (κ2) is 5.70. The number of likely N-dealkylation sites (tertiary alicyclic amines) is 1. The Bertz CT molecular complexity index is 417. The molecule has 0 amide bonds. The molecule has 0 aromatic heterocycles.